The highest BCUT2D eigenvalue weighted by molar-refractivity contribution is 6.27. The molecule has 0 amide bonds. The first-order valence-corrected chi connectivity index (χ1v) is 7.37. The molecule has 0 radical (unpaired) electrons. The number of aliphatic carboxylic acids is 2. The minimum absolute atomic E-state index is 0.905. The Kier molecular flexibility index (Phi) is 8.01. The second-order valence-electron chi connectivity index (χ2n) is 5.26. The number of benzene rings is 2. The lowest BCUT2D eigenvalue weighted by Gasteiger charge is -2.13. The van der Waals surface area contributed by atoms with Crippen LogP contribution in [0.25, 0.3) is 0 Å². The molecule has 0 aromatic heterocycles. The van der Waals surface area contributed by atoms with Gasteiger partial charge in [-0.25, -0.2) is 9.59 Å². The highest BCUT2D eigenvalue weighted by Crippen LogP contribution is 2.12. The Labute approximate surface area is 141 Å². The van der Waals surface area contributed by atoms with E-state index in [1.54, 1.807) is 0 Å². The van der Waals surface area contributed by atoms with Gasteiger partial charge in [0.05, 0.1) is 0 Å². The normalized spacial score (nSPS) is 9.58. The fourth-order valence-electron chi connectivity index (χ4n) is 1.86. The SMILES string of the molecule is CN(C)c1ccc(CNCc2ccccc2)cc1.O=C(O)C(=O)O. The van der Waals surface area contributed by atoms with Gasteiger partial charge in [-0.15, -0.1) is 0 Å². The van der Waals surface area contributed by atoms with E-state index in [0.29, 0.717) is 0 Å². The third kappa shape index (κ3) is 7.42. The number of nitrogens with one attached hydrogen (secondary N) is 1. The maximum atomic E-state index is 9.10. The molecule has 0 spiro atoms. The maximum Gasteiger partial charge on any atom is 0.414 e. The van der Waals surface area contributed by atoms with E-state index in [2.05, 4.69) is 72.8 Å². The molecule has 0 unspecified atom stereocenters. The molecule has 0 aliphatic carbocycles. The summed E-state index contributed by atoms with van der Waals surface area (Å²) >= 11 is 0. The first-order valence-electron chi connectivity index (χ1n) is 7.37. The third-order valence-electron chi connectivity index (χ3n) is 3.14. The fraction of sp³-hybridized carbons (Fsp3) is 0.222. The summed E-state index contributed by atoms with van der Waals surface area (Å²) in [7, 11) is 4.12. The number of hydrogen-bond donors (Lipinski definition) is 3. The summed E-state index contributed by atoms with van der Waals surface area (Å²) in [6.45, 7) is 1.82. The standard InChI is InChI=1S/C16H20N2.C2H2O4/c1-18(2)16-10-8-15(9-11-16)13-17-12-14-6-4-3-5-7-14;3-1(4)2(5)6/h3-11,17H,12-13H2,1-2H3;(H,3,4)(H,5,6). The summed E-state index contributed by atoms with van der Waals surface area (Å²) in [6.07, 6.45) is 0. The van der Waals surface area contributed by atoms with Crippen molar-refractivity contribution in [2.45, 2.75) is 13.1 Å². The van der Waals surface area contributed by atoms with Crippen molar-refractivity contribution >= 4 is 17.6 Å². The quantitative estimate of drug-likeness (QED) is 0.728. The molecule has 2 rings (SSSR count). The number of hydrogen-bond acceptors (Lipinski definition) is 4. The topological polar surface area (TPSA) is 89.9 Å². The molecule has 0 saturated carbocycles. The molecule has 0 saturated heterocycles. The largest absolute Gasteiger partial charge is 0.473 e. The molecule has 6 heteroatoms. The minimum atomic E-state index is -1.82. The molecule has 0 bridgehead atoms. The zero-order valence-corrected chi connectivity index (χ0v) is 13.8. The van der Waals surface area contributed by atoms with Crippen LogP contribution in [-0.4, -0.2) is 36.2 Å². The summed E-state index contributed by atoms with van der Waals surface area (Å²) in [5.74, 6) is -3.65. The predicted molar refractivity (Wildman–Crippen MR) is 93.0 cm³/mol. The van der Waals surface area contributed by atoms with Crippen molar-refractivity contribution in [2.75, 3.05) is 19.0 Å². The van der Waals surface area contributed by atoms with Crippen molar-refractivity contribution in [2.24, 2.45) is 0 Å². The van der Waals surface area contributed by atoms with Crippen LogP contribution in [0.3, 0.4) is 0 Å². The molecule has 0 heterocycles. The third-order valence-corrected chi connectivity index (χ3v) is 3.14. The molecule has 3 N–H and O–H groups in total. The van der Waals surface area contributed by atoms with Crippen LogP contribution in [0.4, 0.5) is 5.69 Å². The van der Waals surface area contributed by atoms with Crippen LogP contribution in [0.2, 0.25) is 0 Å². The Bertz CT molecular complexity index is 628. The van der Waals surface area contributed by atoms with E-state index in [0.717, 1.165) is 13.1 Å². The predicted octanol–water partition coefficient (Wildman–Crippen LogP) is 2.20. The van der Waals surface area contributed by atoms with Crippen LogP contribution < -0.4 is 10.2 Å². The molecule has 0 atom stereocenters. The lowest BCUT2D eigenvalue weighted by Crippen LogP contribution is -2.13. The molecule has 2 aromatic rings. The summed E-state index contributed by atoms with van der Waals surface area (Å²) in [5.41, 5.74) is 3.88. The van der Waals surface area contributed by atoms with E-state index in [1.807, 2.05) is 6.07 Å². The van der Waals surface area contributed by atoms with Gasteiger partial charge >= 0.3 is 11.9 Å². The summed E-state index contributed by atoms with van der Waals surface area (Å²) in [5, 5.41) is 18.2. The Morgan fingerprint density at radius 3 is 1.71 bits per heavy atom. The van der Waals surface area contributed by atoms with E-state index in [1.165, 1.54) is 16.8 Å². The van der Waals surface area contributed by atoms with Gasteiger partial charge in [0, 0.05) is 32.9 Å². The monoisotopic (exact) mass is 330 g/mol. The summed E-state index contributed by atoms with van der Waals surface area (Å²) < 4.78 is 0. The molecule has 0 aliphatic heterocycles. The van der Waals surface area contributed by atoms with Gasteiger partial charge in [-0.05, 0) is 23.3 Å². The Morgan fingerprint density at radius 2 is 1.29 bits per heavy atom. The highest BCUT2D eigenvalue weighted by Gasteiger charge is 2.04. The number of carboxylic acids is 2. The molecule has 0 fully saturated rings. The van der Waals surface area contributed by atoms with Crippen molar-refractivity contribution in [3.63, 3.8) is 0 Å². The Morgan fingerprint density at radius 1 is 0.833 bits per heavy atom. The zero-order valence-electron chi connectivity index (χ0n) is 13.8. The van der Waals surface area contributed by atoms with E-state index >= 15 is 0 Å². The molecule has 2 aromatic carbocycles. The van der Waals surface area contributed by atoms with Gasteiger partial charge in [-0.2, -0.15) is 0 Å². The molecule has 128 valence electrons. The molecule has 24 heavy (non-hydrogen) atoms. The van der Waals surface area contributed by atoms with Gasteiger partial charge < -0.3 is 20.4 Å². The van der Waals surface area contributed by atoms with Gasteiger partial charge in [0.15, 0.2) is 0 Å². The number of carboxylic acid groups (broad SMARTS) is 2. The van der Waals surface area contributed by atoms with Gasteiger partial charge in [0.1, 0.15) is 0 Å². The summed E-state index contributed by atoms with van der Waals surface area (Å²) in [6, 6.07) is 19.1. The van der Waals surface area contributed by atoms with E-state index < -0.39 is 11.9 Å². The summed E-state index contributed by atoms with van der Waals surface area (Å²) in [4.78, 5) is 20.3. The first-order chi connectivity index (χ1) is 11.4. The number of rotatable bonds is 5. The van der Waals surface area contributed by atoms with Crippen LogP contribution >= 0.6 is 0 Å². The van der Waals surface area contributed by atoms with Crippen LogP contribution in [0.5, 0.6) is 0 Å². The van der Waals surface area contributed by atoms with Gasteiger partial charge in [-0.3, -0.25) is 0 Å². The van der Waals surface area contributed by atoms with Crippen molar-refractivity contribution < 1.29 is 19.8 Å². The molecule has 6 nitrogen and oxygen atoms in total. The Hall–Kier alpha value is -2.86. The van der Waals surface area contributed by atoms with Gasteiger partial charge in [-0.1, -0.05) is 42.5 Å². The van der Waals surface area contributed by atoms with Gasteiger partial charge in [0.25, 0.3) is 0 Å². The molecular formula is C18H22N2O4. The Balaban J connectivity index is 0.000000413. The van der Waals surface area contributed by atoms with Crippen LogP contribution in [0, 0.1) is 0 Å². The van der Waals surface area contributed by atoms with Crippen LogP contribution in [0.15, 0.2) is 54.6 Å². The first kappa shape index (κ1) is 19.2. The van der Waals surface area contributed by atoms with Crippen LogP contribution in [0.1, 0.15) is 11.1 Å². The fourth-order valence-corrected chi connectivity index (χ4v) is 1.86. The van der Waals surface area contributed by atoms with E-state index in [-0.39, 0.29) is 0 Å². The van der Waals surface area contributed by atoms with Crippen molar-refractivity contribution in [3.05, 3.63) is 65.7 Å². The molecular weight excluding hydrogens is 308 g/mol. The number of carbonyl (C=O) groups is 2. The minimum Gasteiger partial charge on any atom is -0.473 e. The average Bonchev–Trinajstić information content (AvgIpc) is 2.57. The average molecular weight is 330 g/mol. The highest BCUT2D eigenvalue weighted by atomic mass is 16.4. The number of anilines is 1. The van der Waals surface area contributed by atoms with Gasteiger partial charge in [0.2, 0.25) is 0 Å². The van der Waals surface area contributed by atoms with Crippen molar-refractivity contribution in [1.29, 1.82) is 0 Å². The van der Waals surface area contributed by atoms with Crippen LogP contribution in [-0.2, 0) is 22.7 Å². The molecule has 0 aliphatic rings. The maximum absolute atomic E-state index is 9.10. The second-order valence-corrected chi connectivity index (χ2v) is 5.26. The number of nitrogens with zero attached hydrogens (tertiary/aromatic N) is 1. The van der Waals surface area contributed by atoms with E-state index in [4.69, 9.17) is 19.8 Å². The van der Waals surface area contributed by atoms with Crippen molar-refractivity contribution in [1.82, 2.24) is 5.32 Å². The lowest BCUT2D eigenvalue weighted by molar-refractivity contribution is -0.159. The lowest BCUT2D eigenvalue weighted by atomic mass is 10.2. The van der Waals surface area contributed by atoms with Crippen molar-refractivity contribution in [3.8, 4) is 0 Å². The van der Waals surface area contributed by atoms with E-state index in [9.17, 15) is 0 Å². The second kappa shape index (κ2) is 10.0. The smallest absolute Gasteiger partial charge is 0.414 e. The zero-order chi connectivity index (χ0) is 17.9.